The molecule has 0 bridgehead atoms. The molecule has 1 unspecified atom stereocenters. The summed E-state index contributed by atoms with van der Waals surface area (Å²) in [6, 6.07) is 13.1. The quantitative estimate of drug-likeness (QED) is 0.686. The van der Waals surface area contributed by atoms with E-state index < -0.39 is 0 Å². The van der Waals surface area contributed by atoms with E-state index in [1.54, 1.807) is 11.8 Å². The van der Waals surface area contributed by atoms with Crippen molar-refractivity contribution >= 4 is 39.3 Å². The molecule has 0 radical (unpaired) electrons. The average molecular weight is 389 g/mol. The van der Waals surface area contributed by atoms with Gasteiger partial charge in [-0.15, -0.1) is 11.8 Å². The summed E-state index contributed by atoms with van der Waals surface area (Å²) >= 11 is 11.1. The number of halogens is 3. The molecule has 21 heavy (non-hydrogen) atoms. The molecule has 0 amide bonds. The fourth-order valence-corrected chi connectivity index (χ4v) is 3.63. The lowest BCUT2D eigenvalue weighted by molar-refractivity contribution is 0.568. The molecule has 1 nitrogen and oxygen atoms in total. The van der Waals surface area contributed by atoms with Crippen LogP contribution in [0.2, 0.25) is 5.02 Å². The molecule has 0 spiro atoms. The summed E-state index contributed by atoms with van der Waals surface area (Å²) in [6.45, 7) is 0. The summed E-state index contributed by atoms with van der Waals surface area (Å²) in [6.07, 6.45) is 0.646. The number of likely N-dealkylation sites (N-methyl/N-ethyl adjacent to an activating group) is 1. The number of hydrogen-bond donors (Lipinski definition) is 1. The molecule has 1 atom stereocenters. The van der Waals surface area contributed by atoms with Crippen molar-refractivity contribution in [2.45, 2.75) is 17.4 Å². The monoisotopic (exact) mass is 387 g/mol. The van der Waals surface area contributed by atoms with Crippen LogP contribution in [0.5, 0.6) is 0 Å². The van der Waals surface area contributed by atoms with Crippen LogP contribution in [0.25, 0.3) is 0 Å². The second kappa shape index (κ2) is 8.18. The second-order valence-corrected chi connectivity index (χ2v) is 7.05. The van der Waals surface area contributed by atoms with E-state index >= 15 is 0 Å². The minimum Gasteiger partial charge on any atom is -0.316 e. The Kier molecular flexibility index (Phi) is 6.55. The molecule has 0 saturated carbocycles. The Bertz CT molecular complexity index is 609. The fraction of sp³-hybridized carbons (Fsp3) is 0.250. The molecule has 0 saturated heterocycles. The van der Waals surface area contributed by atoms with Gasteiger partial charge in [0.15, 0.2) is 0 Å². The van der Waals surface area contributed by atoms with Crippen molar-refractivity contribution < 1.29 is 4.39 Å². The lowest BCUT2D eigenvalue weighted by Crippen LogP contribution is -2.30. The van der Waals surface area contributed by atoms with Gasteiger partial charge in [-0.1, -0.05) is 45.7 Å². The van der Waals surface area contributed by atoms with Crippen molar-refractivity contribution in [3.63, 3.8) is 0 Å². The van der Waals surface area contributed by atoms with E-state index in [0.717, 1.165) is 25.7 Å². The Morgan fingerprint density at radius 3 is 2.71 bits per heavy atom. The lowest BCUT2D eigenvalue weighted by atomic mass is 10.1. The topological polar surface area (TPSA) is 12.0 Å². The van der Waals surface area contributed by atoms with Gasteiger partial charge >= 0.3 is 0 Å². The first-order valence-electron chi connectivity index (χ1n) is 6.58. The zero-order chi connectivity index (χ0) is 15.2. The third-order valence-electron chi connectivity index (χ3n) is 3.17. The van der Waals surface area contributed by atoms with Crippen LogP contribution in [-0.2, 0) is 6.42 Å². The van der Waals surface area contributed by atoms with E-state index in [-0.39, 0.29) is 11.9 Å². The van der Waals surface area contributed by atoms with E-state index in [1.165, 1.54) is 6.07 Å². The highest BCUT2D eigenvalue weighted by atomic mass is 79.9. The first-order chi connectivity index (χ1) is 10.1. The predicted molar refractivity (Wildman–Crippen MR) is 92.8 cm³/mol. The molecule has 0 aliphatic heterocycles. The van der Waals surface area contributed by atoms with E-state index in [2.05, 4.69) is 21.2 Å². The highest BCUT2D eigenvalue weighted by Gasteiger charge is 2.12. The maximum atomic E-state index is 13.9. The molecule has 112 valence electrons. The van der Waals surface area contributed by atoms with E-state index in [0.29, 0.717) is 6.42 Å². The van der Waals surface area contributed by atoms with Crippen LogP contribution in [0.1, 0.15) is 5.56 Å². The molecular weight excluding hydrogens is 373 g/mol. The third-order valence-corrected chi connectivity index (χ3v) is 5.34. The first-order valence-corrected chi connectivity index (χ1v) is 8.74. The molecule has 2 rings (SSSR count). The van der Waals surface area contributed by atoms with Crippen molar-refractivity contribution in [1.82, 2.24) is 5.32 Å². The van der Waals surface area contributed by atoms with Gasteiger partial charge in [-0.2, -0.15) is 0 Å². The van der Waals surface area contributed by atoms with Crippen molar-refractivity contribution in [2.75, 3.05) is 12.8 Å². The maximum Gasteiger partial charge on any atom is 0.127 e. The van der Waals surface area contributed by atoms with Gasteiger partial charge in [-0.3, -0.25) is 0 Å². The molecule has 0 aliphatic carbocycles. The Labute approximate surface area is 142 Å². The van der Waals surface area contributed by atoms with Crippen LogP contribution in [0.4, 0.5) is 4.39 Å². The van der Waals surface area contributed by atoms with Crippen molar-refractivity contribution in [3.8, 4) is 0 Å². The van der Waals surface area contributed by atoms with Gasteiger partial charge < -0.3 is 5.32 Å². The first kappa shape index (κ1) is 16.8. The minimum absolute atomic E-state index is 0.174. The van der Waals surface area contributed by atoms with Gasteiger partial charge in [0.05, 0.1) is 5.02 Å². The molecule has 0 fully saturated rings. The standard InChI is InChI=1S/C16H16BrClFNS/c1-20-13(8-11-6-7-12(17)9-15(11)19)10-21-16-5-3-2-4-14(16)18/h2-7,9,13,20H,8,10H2,1H3. The Morgan fingerprint density at radius 1 is 1.29 bits per heavy atom. The third kappa shape index (κ3) is 4.99. The summed E-state index contributed by atoms with van der Waals surface area (Å²) in [7, 11) is 1.90. The summed E-state index contributed by atoms with van der Waals surface area (Å²) in [5, 5.41) is 4.00. The Morgan fingerprint density at radius 2 is 2.05 bits per heavy atom. The van der Waals surface area contributed by atoms with Crippen LogP contribution >= 0.6 is 39.3 Å². The van der Waals surface area contributed by atoms with Crippen LogP contribution in [0.15, 0.2) is 51.8 Å². The fourth-order valence-electron chi connectivity index (χ4n) is 1.95. The van der Waals surface area contributed by atoms with Gasteiger partial charge in [0.1, 0.15) is 5.82 Å². The smallest absolute Gasteiger partial charge is 0.127 e. The van der Waals surface area contributed by atoms with Crippen molar-refractivity contribution in [2.24, 2.45) is 0 Å². The van der Waals surface area contributed by atoms with Crippen LogP contribution < -0.4 is 5.32 Å². The molecule has 0 aliphatic rings. The summed E-state index contributed by atoms with van der Waals surface area (Å²) in [4.78, 5) is 1.05. The molecule has 5 heteroatoms. The number of hydrogen-bond acceptors (Lipinski definition) is 2. The molecular formula is C16H16BrClFNS. The predicted octanol–water partition coefficient (Wildman–Crippen LogP) is 5.16. The minimum atomic E-state index is -0.174. The van der Waals surface area contributed by atoms with E-state index in [9.17, 15) is 4.39 Å². The van der Waals surface area contributed by atoms with Gasteiger partial charge in [-0.25, -0.2) is 4.39 Å². The lowest BCUT2D eigenvalue weighted by Gasteiger charge is -2.17. The van der Waals surface area contributed by atoms with Crippen molar-refractivity contribution in [3.05, 3.63) is 63.3 Å². The van der Waals surface area contributed by atoms with E-state index in [1.807, 2.05) is 43.4 Å². The zero-order valence-corrected chi connectivity index (χ0v) is 14.7. The number of thioether (sulfide) groups is 1. The van der Waals surface area contributed by atoms with Gasteiger partial charge in [0.2, 0.25) is 0 Å². The molecule has 1 N–H and O–H groups in total. The second-order valence-electron chi connectivity index (χ2n) is 4.67. The summed E-state index contributed by atoms with van der Waals surface area (Å²) in [5.41, 5.74) is 0.720. The maximum absolute atomic E-state index is 13.9. The molecule has 2 aromatic carbocycles. The Hall–Kier alpha value is -0.550. The molecule has 0 heterocycles. The van der Waals surface area contributed by atoms with Gasteiger partial charge in [-0.05, 0) is 43.3 Å². The van der Waals surface area contributed by atoms with E-state index in [4.69, 9.17) is 11.6 Å². The average Bonchev–Trinajstić information content (AvgIpc) is 2.47. The van der Waals surface area contributed by atoms with Gasteiger partial charge in [0.25, 0.3) is 0 Å². The summed E-state index contributed by atoms with van der Waals surface area (Å²) in [5.74, 6) is 0.655. The van der Waals surface area contributed by atoms with Gasteiger partial charge in [0, 0.05) is 21.2 Å². The van der Waals surface area contributed by atoms with Crippen LogP contribution in [0.3, 0.4) is 0 Å². The molecule has 2 aromatic rings. The number of nitrogens with one attached hydrogen (secondary N) is 1. The normalized spacial score (nSPS) is 12.4. The Balaban J connectivity index is 1.99. The SMILES string of the molecule is CNC(CSc1ccccc1Cl)Cc1ccc(Br)cc1F. The highest BCUT2D eigenvalue weighted by Crippen LogP contribution is 2.27. The van der Waals surface area contributed by atoms with Crippen molar-refractivity contribution in [1.29, 1.82) is 0 Å². The largest absolute Gasteiger partial charge is 0.316 e. The number of benzene rings is 2. The van der Waals surface area contributed by atoms with Crippen LogP contribution in [0, 0.1) is 5.82 Å². The highest BCUT2D eigenvalue weighted by molar-refractivity contribution is 9.10. The van der Waals surface area contributed by atoms with Crippen LogP contribution in [-0.4, -0.2) is 18.8 Å². The number of rotatable bonds is 6. The molecule has 0 aromatic heterocycles. The zero-order valence-electron chi connectivity index (χ0n) is 11.6. The summed E-state index contributed by atoms with van der Waals surface area (Å²) < 4.78 is 14.6.